The van der Waals surface area contributed by atoms with E-state index in [0.29, 0.717) is 6.42 Å². The molecule has 1 saturated heterocycles. The third kappa shape index (κ3) is 3.46. The summed E-state index contributed by atoms with van der Waals surface area (Å²) in [6.07, 6.45) is 3.21. The second-order valence-electron chi connectivity index (χ2n) is 6.91. The molecule has 2 fully saturated rings. The number of halogens is 1. The summed E-state index contributed by atoms with van der Waals surface area (Å²) < 4.78 is 0. The molecule has 0 aromatic heterocycles. The fraction of sp³-hybridized carbons (Fsp3) is 0.471. The highest BCUT2D eigenvalue weighted by Crippen LogP contribution is 2.38. The minimum absolute atomic E-state index is 0.0121. The van der Waals surface area contributed by atoms with Crippen molar-refractivity contribution in [1.29, 1.82) is 0 Å². The lowest BCUT2D eigenvalue weighted by Crippen LogP contribution is -2.54. The fourth-order valence-electron chi connectivity index (χ4n) is 3.69. The summed E-state index contributed by atoms with van der Waals surface area (Å²) in [7, 11) is 0. The zero-order chi connectivity index (χ0) is 19.8. The van der Waals surface area contributed by atoms with Crippen molar-refractivity contribution in [3.63, 3.8) is 0 Å². The van der Waals surface area contributed by atoms with Crippen molar-refractivity contribution in [3.05, 3.63) is 33.3 Å². The third-order valence-electron chi connectivity index (χ3n) is 5.24. The number of benzene rings is 1. The average molecular weight is 395 g/mol. The van der Waals surface area contributed by atoms with E-state index in [1.165, 1.54) is 12.1 Å². The van der Waals surface area contributed by atoms with Gasteiger partial charge in [-0.2, -0.15) is 0 Å². The number of nitro benzene ring substituents is 1. The lowest BCUT2D eigenvalue weighted by atomic mass is 9.73. The first-order chi connectivity index (χ1) is 12.7. The summed E-state index contributed by atoms with van der Waals surface area (Å²) in [5, 5.41) is 16.2. The van der Waals surface area contributed by atoms with E-state index in [1.807, 2.05) is 6.92 Å². The predicted octanol–water partition coefficient (Wildman–Crippen LogP) is 2.69. The number of imide groups is 1. The Hall–Kier alpha value is -2.68. The predicted molar refractivity (Wildman–Crippen MR) is 97.3 cm³/mol. The molecule has 144 valence electrons. The normalized spacial score (nSPS) is 24.8. The summed E-state index contributed by atoms with van der Waals surface area (Å²) in [6, 6.07) is 3.02. The molecule has 1 aromatic rings. The van der Waals surface area contributed by atoms with Crippen LogP contribution >= 0.6 is 11.6 Å². The van der Waals surface area contributed by atoms with Crippen molar-refractivity contribution in [2.75, 3.05) is 11.9 Å². The zero-order valence-corrected chi connectivity index (χ0v) is 15.4. The monoisotopic (exact) mass is 394 g/mol. The van der Waals surface area contributed by atoms with Gasteiger partial charge in [0.2, 0.25) is 5.91 Å². The molecular weight excluding hydrogens is 376 g/mol. The molecule has 1 saturated carbocycles. The Morgan fingerprint density at radius 2 is 2.19 bits per heavy atom. The number of nitrogens with one attached hydrogen (secondary N) is 2. The molecule has 1 heterocycles. The van der Waals surface area contributed by atoms with Gasteiger partial charge in [0.15, 0.2) is 0 Å². The van der Waals surface area contributed by atoms with E-state index >= 15 is 0 Å². The smallest absolute Gasteiger partial charge is 0.323 e. The second-order valence-corrected chi connectivity index (χ2v) is 7.32. The first kappa shape index (κ1) is 19.1. The Morgan fingerprint density at radius 3 is 2.85 bits per heavy atom. The first-order valence-corrected chi connectivity index (χ1v) is 9.00. The number of carbonyl (C=O) groups excluding carboxylic acids is 3. The zero-order valence-electron chi connectivity index (χ0n) is 14.7. The van der Waals surface area contributed by atoms with E-state index in [0.717, 1.165) is 30.2 Å². The van der Waals surface area contributed by atoms with E-state index in [2.05, 4.69) is 10.6 Å². The second kappa shape index (κ2) is 7.15. The molecule has 27 heavy (non-hydrogen) atoms. The number of amides is 4. The SMILES string of the molecule is C[C@@H]1CCCC[C@]12NC(=O)N(CC(=O)Nc1cc([N+](=O)[O-])ccc1Cl)C2=O. The standard InChI is InChI=1S/C17H19ClN4O5/c1-10-4-2-3-7-17(10)15(24)21(16(25)20-17)9-14(23)19-13-8-11(22(26)27)5-6-12(13)18/h5-6,8,10H,2-4,7,9H2,1H3,(H,19,23)(H,20,25)/t10-,17+/m1/s1. The van der Waals surface area contributed by atoms with Gasteiger partial charge >= 0.3 is 6.03 Å². The molecule has 0 unspecified atom stereocenters. The van der Waals surface area contributed by atoms with Crippen LogP contribution in [0.2, 0.25) is 5.02 Å². The Morgan fingerprint density at radius 1 is 1.44 bits per heavy atom. The summed E-state index contributed by atoms with van der Waals surface area (Å²) in [5.41, 5.74) is -1.14. The van der Waals surface area contributed by atoms with Crippen LogP contribution < -0.4 is 10.6 Å². The number of nitrogens with zero attached hydrogens (tertiary/aromatic N) is 2. The number of non-ortho nitro benzene ring substituents is 1. The van der Waals surface area contributed by atoms with Crippen LogP contribution in [0.5, 0.6) is 0 Å². The molecule has 1 spiro atoms. The van der Waals surface area contributed by atoms with Gasteiger partial charge in [0.25, 0.3) is 11.6 Å². The molecule has 0 radical (unpaired) electrons. The maximum atomic E-state index is 12.8. The number of hydrogen-bond donors (Lipinski definition) is 2. The molecular formula is C17H19ClN4O5. The summed E-state index contributed by atoms with van der Waals surface area (Å²) in [5.74, 6) is -1.08. The molecule has 2 atom stereocenters. The lowest BCUT2D eigenvalue weighted by Gasteiger charge is -2.36. The maximum absolute atomic E-state index is 12.8. The summed E-state index contributed by atoms with van der Waals surface area (Å²) >= 11 is 5.96. The van der Waals surface area contributed by atoms with Crippen LogP contribution in [0.1, 0.15) is 32.6 Å². The van der Waals surface area contributed by atoms with Crippen molar-refractivity contribution in [3.8, 4) is 0 Å². The van der Waals surface area contributed by atoms with Crippen LogP contribution in [0.25, 0.3) is 0 Å². The van der Waals surface area contributed by atoms with Gasteiger partial charge < -0.3 is 10.6 Å². The van der Waals surface area contributed by atoms with Crippen molar-refractivity contribution in [2.45, 2.75) is 38.1 Å². The van der Waals surface area contributed by atoms with E-state index in [9.17, 15) is 24.5 Å². The van der Waals surface area contributed by atoms with Gasteiger partial charge in [0.1, 0.15) is 12.1 Å². The van der Waals surface area contributed by atoms with Crippen molar-refractivity contribution >= 4 is 40.8 Å². The Labute approximate surface area is 160 Å². The summed E-state index contributed by atoms with van der Waals surface area (Å²) in [6.45, 7) is 1.43. The van der Waals surface area contributed by atoms with Gasteiger partial charge in [-0.15, -0.1) is 0 Å². The van der Waals surface area contributed by atoms with Gasteiger partial charge in [0.05, 0.1) is 15.6 Å². The average Bonchev–Trinajstić information content (AvgIpc) is 2.84. The van der Waals surface area contributed by atoms with E-state index in [1.54, 1.807) is 0 Å². The van der Waals surface area contributed by atoms with Gasteiger partial charge in [-0.1, -0.05) is 31.4 Å². The lowest BCUT2D eigenvalue weighted by molar-refractivity contribution is -0.384. The molecule has 1 aliphatic carbocycles. The highest BCUT2D eigenvalue weighted by Gasteiger charge is 2.55. The van der Waals surface area contributed by atoms with E-state index < -0.39 is 34.9 Å². The highest BCUT2D eigenvalue weighted by atomic mass is 35.5. The Balaban J connectivity index is 1.73. The van der Waals surface area contributed by atoms with Crippen molar-refractivity contribution < 1.29 is 19.3 Å². The minimum atomic E-state index is -0.946. The fourth-order valence-corrected chi connectivity index (χ4v) is 3.86. The van der Waals surface area contributed by atoms with Crippen molar-refractivity contribution in [1.82, 2.24) is 10.2 Å². The topological polar surface area (TPSA) is 122 Å². The number of carbonyl (C=O) groups is 3. The molecule has 0 bridgehead atoms. The van der Waals surface area contributed by atoms with Crippen LogP contribution in [0.15, 0.2) is 18.2 Å². The van der Waals surface area contributed by atoms with Crippen LogP contribution in [0.4, 0.5) is 16.2 Å². The third-order valence-corrected chi connectivity index (χ3v) is 5.57. The van der Waals surface area contributed by atoms with Crippen LogP contribution in [0, 0.1) is 16.0 Å². The number of anilines is 1. The molecule has 3 rings (SSSR count). The number of rotatable bonds is 4. The Kier molecular flexibility index (Phi) is 5.05. The first-order valence-electron chi connectivity index (χ1n) is 8.62. The number of hydrogen-bond acceptors (Lipinski definition) is 5. The van der Waals surface area contributed by atoms with Gasteiger partial charge in [-0.25, -0.2) is 4.79 Å². The summed E-state index contributed by atoms with van der Waals surface area (Å²) in [4.78, 5) is 48.6. The van der Waals surface area contributed by atoms with Crippen LogP contribution in [0.3, 0.4) is 0 Å². The molecule has 10 heteroatoms. The minimum Gasteiger partial charge on any atom is -0.323 e. The molecule has 2 aliphatic rings. The van der Waals surface area contributed by atoms with Gasteiger partial charge in [0, 0.05) is 12.1 Å². The number of nitro groups is 1. The maximum Gasteiger partial charge on any atom is 0.325 e. The highest BCUT2D eigenvalue weighted by molar-refractivity contribution is 6.33. The van der Waals surface area contributed by atoms with Crippen LogP contribution in [-0.4, -0.2) is 39.8 Å². The van der Waals surface area contributed by atoms with Gasteiger partial charge in [-0.3, -0.25) is 24.6 Å². The molecule has 4 amide bonds. The largest absolute Gasteiger partial charge is 0.325 e. The van der Waals surface area contributed by atoms with E-state index in [-0.39, 0.29) is 22.3 Å². The molecule has 9 nitrogen and oxygen atoms in total. The van der Waals surface area contributed by atoms with Gasteiger partial charge in [-0.05, 0) is 24.8 Å². The molecule has 2 N–H and O–H groups in total. The molecule has 1 aromatic carbocycles. The van der Waals surface area contributed by atoms with Crippen molar-refractivity contribution in [2.24, 2.45) is 5.92 Å². The Bertz CT molecular complexity index is 830. The quantitative estimate of drug-likeness (QED) is 0.462. The van der Waals surface area contributed by atoms with Crippen LogP contribution in [-0.2, 0) is 9.59 Å². The molecule has 1 aliphatic heterocycles. The number of urea groups is 1. The van der Waals surface area contributed by atoms with E-state index in [4.69, 9.17) is 11.6 Å².